The van der Waals surface area contributed by atoms with Gasteiger partial charge in [-0.3, -0.25) is 4.99 Å². The molecular weight excluding hydrogens is 487 g/mol. The van der Waals surface area contributed by atoms with E-state index in [2.05, 4.69) is 79.9 Å². The van der Waals surface area contributed by atoms with Gasteiger partial charge in [-0.05, 0) is 35.6 Å². The van der Waals surface area contributed by atoms with Crippen molar-refractivity contribution >= 4 is 40.8 Å². The van der Waals surface area contributed by atoms with Gasteiger partial charge in [-0.2, -0.15) is 0 Å². The van der Waals surface area contributed by atoms with Crippen LogP contribution in [-0.2, 0) is 13.1 Å². The molecule has 7 heteroatoms. The number of hydrogen-bond acceptors (Lipinski definition) is 2. The zero-order valence-corrected chi connectivity index (χ0v) is 19.4. The van der Waals surface area contributed by atoms with Gasteiger partial charge in [-0.25, -0.2) is 4.98 Å². The van der Waals surface area contributed by atoms with Crippen LogP contribution in [0, 0.1) is 0 Å². The SMILES string of the molecule is CN=C(NCCCn1ccc2ccccc21)NCc1ccccc1-n1ccnc1.I. The Morgan fingerprint density at radius 3 is 2.67 bits per heavy atom. The number of halogens is 1. The third kappa shape index (κ3) is 5.21. The zero-order valence-electron chi connectivity index (χ0n) is 17.0. The number of benzene rings is 2. The minimum Gasteiger partial charge on any atom is -0.356 e. The van der Waals surface area contributed by atoms with E-state index in [9.17, 15) is 0 Å². The molecule has 4 aromatic rings. The second-order valence-corrected chi connectivity index (χ2v) is 6.87. The van der Waals surface area contributed by atoms with Crippen LogP contribution in [0.4, 0.5) is 0 Å². The highest BCUT2D eigenvalue weighted by Gasteiger charge is 2.05. The predicted octanol–water partition coefficient (Wildman–Crippen LogP) is 4.20. The number of guanidine groups is 1. The minimum absolute atomic E-state index is 0. The maximum absolute atomic E-state index is 4.35. The van der Waals surface area contributed by atoms with Gasteiger partial charge in [0, 0.05) is 50.8 Å². The lowest BCUT2D eigenvalue weighted by atomic mass is 10.1. The molecule has 0 saturated heterocycles. The summed E-state index contributed by atoms with van der Waals surface area (Å²) < 4.78 is 4.32. The van der Waals surface area contributed by atoms with Gasteiger partial charge in [0.15, 0.2) is 5.96 Å². The fourth-order valence-electron chi connectivity index (χ4n) is 3.51. The van der Waals surface area contributed by atoms with Gasteiger partial charge in [0.1, 0.15) is 0 Å². The maximum Gasteiger partial charge on any atom is 0.191 e. The Balaban J connectivity index is 0.00000256. The van der Waals surface area contributed by atoms with Crippen LogP contribution in [0.25, 0.3) is 16.6 Å². The van der Waals surface area contributed by atoms with Crippen molar-refractivity contribution < 1.29 is 0 Å². The monoisotopic (exact) mass is 514 g/mol. The molecule has 156 valence electrons. The van der Waals surface area contributed by atoms with E-state index in [-0.39, 0.29) is 24.0 Å². The topological polar surface area (TPSA) is 59.2 Å². The summed E-state index contributed by atoms with van der Waals surface area (Å²) >= 11 is 0. The van der Waals surface area contributed by atoms with Crippen molar-refractivity contribution in [2.45, 2.75) is 19.5 Å². The second kappa shape index (κ2) is 10.8. The normalized spacial score (nSPS) is 11.3. The number of imidazole rings is 1. The molecule has 0 aliphatic heterocycles. The summed E-state index contributed by atoms with van der Waals surface area (Å²) in [6.45, 7) is 2.52. The fraction of sp³-hybridized carbons (Fsp3) is 0.217. The van der Waals surface area contributed by atoms with Gasteiger partial charge in [-0.15, -0.1) is 24.0 Å². The molecule has 0 fully saturated rings. The van der Waals surface area contributed by atoms with Crippen molar-refractivity contribution in [3.63, 3.8) is 0 Å². The van der Waals surface area contributed by atoms with Crippen LogP contribution in [0.1, 0.15) is 12.0 Å². The standard InChI is InChI=1S/C23H26N6.HI/c1-24-23(26-12-6-14-28-15-11-19-7-2-4-9-21(19)28)27-17-20-8-3-5-10-22(20)29-16-13-25-18-29;/h2-5,7-11,13,15-16,18H,6,12,14,17H2,1H3,(H2,24,26,27);1H. The second-order valence-electron chi connectivity index (χ2n) is 6.87. The van der Waals surface area contributed by atoms with E-state index >= 15 is 0 Å². The molecule has 2 heterocycles. The van der Waals surface area contributed by atoms with Gasteiger partial charge in [-0.1, -0.05) is 36.4 Å². The summed E-state index contributed by atoms with van der Waals surface area (Å²) in [6.07, 6.45) is 8.74. The third-order valence-corrected chi connectivity index (χ3v) is 4.99. The van der Waals surface area contributed by atoms with E-state index in [0.29, 0.717) is 6.54 Å². The molecule has 6 nitrogen and oxygen atoms in total. The number of aliphatic imine (C=N–C) groups is 1. The van der Waals surface area contributed by atoms with E-state index in [4.69, 9.17) is 0 Å². The highest BCUT2D eigenvalue weighted by molar-refractivity contribution is 14.0. The summed E-state index contributed by atoms with van der Waals surface area (Å²) in [4.78, 5) is 8.49. The Bertz CT molecular complexity index is 1080. The molecule has 0 saturated carbocycles. The van der Waals surface area contributed by atoms with Crippen LogP contribution >= 0.6 is 24.0 Å². The van der Waals surface area contributed by atoms with E-state index in [1.807, 2.05) is 23.2 Å². The van der Waals surface area contributed by atoms with Gasteiger partial charge in [0.25, 0.3) is 0 Å². The van der Waals surface area contributed by atoms with Gasteiger partial charge in [0.2, 0.25) is 0 Å². The van der Waals surface area contributed by atoms with Crippen molar-refractivity contribution in [3.05, 3.63) is 85.1 Å². The first-order valence-electron chi connectivity index (χ1n) is 9.90. The fourth-order valence-corrected chi connectivity index (χ4v) is 3.51. The molecule has 2 aromatic heterocycles. The minimum atomic E-state index is 0. The third-order valence-electron chi connectivity index (χ3n) is 4.99. The molecule has 4 rings (SSSR count). The summed E-state index contributed by atoms with van der Waals surface area (Å²) in [5.41, 5.74) is 3.59. The number of fused-ring (bicyclic) bond motifs is 1. The van der Waals surface area contributed by atoms with Crippen molar-refractivity contribution in [1.29, 1.82) is 0 Å². The highest BCUT2D eigenvalue weighted by atomic mass is 127. The van der Waals surface area contributed by atoms with Crippen molar-refractivity contribution in [1.82, 2.24) is 24.8 Å². The van der Waals surface area contributed by atoms with Gasteiger partial charge < -0.3 is 19.8 Å². The Kier molecular flexibility index (Phi) is 7.89. The number of rotatable bonds is 7. The first-order valence-corrected chi connectivity index (χ1v) is 9.90. The van der Waals surface area contributed by atoms with Crippen molar-refractivity contribution in [2.24, 2.45) is 4.99 Å². The largest absolute Gasteiger partial charge is 0.356 e. The van der Waals surface area contributed by atoms with Crippen molar-refractivity contribution in [3.8, 4) is 5.69 Å². The van der Waals surface area contributed by atoms with Crippen LogP contribution < -0.4 is 10.6 Å². The molecule has 0 amide bonds. The predicted molar refractivity (Wildman–Crippen MR) is 134 cm³/mol. The molecule has 0 aliphatic carbocycles. The number of nitrogens with zero attached hydrogens (tertiary/aromatic N) is 4. The summed E-state index contributed by atoms with van der Waals surface area (Å²) in [7, 11) is 1.80. The van der Waals surface area contributed by atoms with E-state index in [1.165, 1.54) is 16.5 Å². The summed E-state index contributed by atoms with van der Waals surface area (Å²) in [5.74, 6) is 0.808. The Morgan fingerprint density at radius 2 is 1.83 bits per heavy atom. The summed E-state index contributed by atoms with van der Waals surface area (Å²) in [6, 6.07) is 19.0. The highest BCUT2D eigenvalue weighted by Crippen LogP contribution is 2.15. The molecule has 2 N–H and O–H groups in total. The smallest absolute Gasteiger partial charge is 0.191 e. The van der Waals surface area contributed by atoms with Gasteiger partial charge in [0.05, 0.1) is 12.0 Å². The lowest BCUT2D eigenvalue weighted by molar-refractivity contribution is 0.640. The van der Waals surface area contributed by atoms with Crippen LogP contribution in [0.5, 0.6) is 0 Å². The molecule has 0 atom stereocenters. The van der Waals surface area contributed by atoms with Crippen molar-refractivity contribution in [2.75, 3.05) is 13.6 Å². The van der Waals surface area contributed by atoms with Crippen LogP contribution in [0.2, 0.25) is 0 Å². The van der Waals surface area contributed by atoms with E-state index in [1.54, 1.807) is 13.2 Å². The van der Waals surface area contributed by atoms with Gasteiger partial charge >= 0.3 is 0 Å². The van der Waals surface area contributed by atoms with E-state index < -0.39 is 0 Å². The quantitative estimate of drug-likeness (QED) is 0.168. The number of aromatic nitrogens is 3. The average Bonchev–Trinajstić information content (AvgIpc) is 3.44. The molecular formula is C23H27IN6. The Hall–Kier alpha value is -2.81. The molecule has 0 spiro atoms. The molecule has 30 heavy (non-hydrogen) atoms. The van der Waals surface area contributed by atoms with Crippen LogP contribution in [-0.4, -0.2) is 33.7 Å². The van der Waals surface area contributed by atoms with E-state index in [0.717, 1.165) is 31.2 Å². The molecule has 0 bridgehead atoms. The molecule has 0 aliphatic rings. The number of aryl methyl sites for hydroxylation is 1. The number of hydrogen-bond donors (Lipinski definition) is 2. The first kappa shape index (κ1) is 21.9. The maximum atomic E-state index is 4.35. The average molecular weight is 514 g/mol. The Morgan fingerprint density at radius 1 is 1.00 bits per heavy atom. The van der Waals surface area contributed by atoms with Crippen LogP contribution in [0.15, 0.2) is 84.5 Å². The molecule has 2 aromatic carbocycles. The van der Waals surface area contributed by atoms with Crippen LogP contribution in [0.3, 0.4) is 0 Å². The first-order chi connectivity index (χ1) is 14.3. The lowest BCUT2D eigenvalue weighted by Gasteiger charge is -2.15. The lowest BCUT2D eigenvalue weighted by Crippen LogP contribution is -2.37. The number of para-hydroxylation sites is 2. The summed E-state index contributed by atoms with van der Waals surface area (Å²) in [5, 5.41) is 8.11. The zero-order chi connectivity index (χ0) is 19.9. The molecule has 0 unspecified atom stereocenters. The Labute approximate surface area is 194 Å². The molecule has 0 radical (unpaired) electrons. The number of nitrogens with one attached hydrogen (secondary N) is 2.